The Morgan fingerprint density at radius 1 is 1.50 bits per heavy atom. The Kier molecular flexibility index (Phi) is 4.39. The second-order valence-corrected chi connectivity index (χ2v) is 5.56. The maximum Gasteiger partial charge on any atom is 0.294 e. The zero-order valence-electron chi connectivity index (χ0n) is 11.3. The molecule has 1 aromatic rings. The topological polar surface area (TPSA) is 84.4 Å². The van der Waals surface area contributed by atoms with Crippen LogP contribution in [0.1, 0.15) is 19.8 Å². The minimum atomic E-state index is -0.363. The molecule has 0 unspecified atom stereocenters. The van der Waals surface area contributed by atoms with E-state index in [0.29, 0.717) is 17.3 Å². The number of thiocarbonyl (C=S) groups is 1. The fourth-order valence-electron chi connectivity index (χ4n) is 2.41. The predicted molar refractivity (Wildman–Crippen MR) is 84.1 cm³/mol. The molecule has 0 radical (unpaired) electrons. The van der Waals surface area contributed by atoms with Gasteiger partial charge in [-0.1, -0.05) is 6.92 Å². The number of nitro benzene ring substituents is 1. The third kappa shape index (κ3) is 3.36. The van der Waals surface area contributed by atoms with Crippen LogP contribution in [0.5, 0.6) is 0 Å². The molecule has 6 nitrogen and oxygen atoms in total. The molecule has 0 saturated carbocycles. The molecule has 1 heterocycles. The summed E-state index contributed by atoms with van der Waals surface area (Å²) in [6.07, 6.45) is 2.12. The van der Waals surface area contributed by atoms with Crippen LogP contribution in [0.3, 0.4) is 0 Å². The van der Waals surface area contributed by atoms with Gasteiger partial charge in [0.25, 0.3) is 5.69 Å². The van der Waals surface area contributed by atoms with Gasteiger partial charge in [-0.05, 0) is 43.1 Å². The van der Waals surface area contributed by atoms with Crippen LogP contribution in [-0.2, 0) is 0 Å². The van der Waals surface area contributed by atoms with Crippen molar-refractivity contribution >= 4 is 34.4 Å². The van der Waals surface area contributed by atoms with Gasteiger partial charge in [0.15, 0.2) is 5.11 Å². The molecule has 108 valence electrons. The molecule has 1 aliphatic rings. The van der Waals surface area contributed by atoms with Crippen LogP contribution in [0.2, 0.25) is 0 Å². The molecular weight excluding hydrogens is 276 g/mol. The highest BCUT2D eigenvalue weighted by Gasteiger charge is 2.23. The number of anilines is 2. The average molecular weight is 294 g/mol. The zero-order valence-corrected chi connectivity index (χ0v) is 12.2. The van der Waals surface area contributed by atoms with E-state index >= 15 is 0 Å². The molecule has 0 bridgehead atoms. The maximum atomic E-state index is 11.3. The third-order valence-corrected chi connectivity index (χ3v) is 3.67. The minimum Gasteiger partial charge on any atom is -0.376 e. The summed E-state index contributed by atoms with van der Waals surface area (Å²) in [6, 6.07) is 5.00. The van der Waals surface area contributed by atoms with Crippen LogP contribution in [0, 0.1) is 16.0 Å². The summed E-state index contributed by atoms with van der Waals surface area (Å²) in [5.74, 6) is 0.681. The normalized spacial score (nSPS) is 15.9. The fraction of sp³-hybridized carbons (Fsp3) is 0.462. The number of nitrogens with zero attached hydrogens (tertiary/aromatic N) is 2. The van der Waals surface area contributed by atoms with Crippen molar-refractivity contribution in [3.8, 4) is 0 Å². The lowest BCUT2D eigenvalue weighted by atomic mass is 9.98. The van der Waals surface area contributed by atoms with E-state index in [0.717, 1.165) is 25.9 Å². The summed E-state index contributed by atoms with van der Waals surface area (Å²) in [4.78, 5) is 13.0. The molecule has 1 aromatic carbocycles. The van der Waals surface area contributed by atoms with Crippen LogP contribution in [0.4, 0.5) is 17.1 Å². The van der Waals surface area contributed by atoms with Gasteiger partial charge >= 0.3 is 0 Å². The van der Waals surface area contributed by atoms with E-state index in [1.54, 1.807) is 12.1 Å². The second kappa shape index (κ2) is 6.04. The molecule has 7 heteroatoms. The van der Waals surface area contributed by atoms with Crippen molar-refractivity contribution in [1.29, 1.82) is 0 Å². The first-order valence-electron chi connectivity index (χ1n) is 6.57. The summed E-state index contributed by atoms with van der Waals surface area (Å²) in [5.41, 5.74) is 6.67. The van der Waals surface area contributed by atoms with Crippen molar-refractivity contribution in [2.75, 3.05) is 23.3 Å². The minimum absolute atomic E-state index is 0.0841. The molecule has 3 N–H and O–H groups in total. The van der Waals surface area contributed by atoms with Crippen LogP contribution in [0.25, 0.3) is 0 Å². The Labute approximate surface area is 123 Å². The van der Waals surface area contributed by atoms with Gasteiger partial charge in [-0.15, -0.1) is 0 Å². The number of piperidine rings is 1. The Morgan fingerprint density at radius 3 is 2.70 bits per heavy atom. The molecule has 1 fully saturated rings. The number of hydrogen-bond donors (Lipinski definition) is 2. The lowest BCUT2D eigenvalue weighted by molar-refractivity contribution is -0.384. The van der Waals surface area contributed by atoms with Gasteiger partial charge < -0.3 is 16.0 Å². The summed E-state index contributed by atoms with van der Waals surface area (Å²) >= 11 is 4.74. The Hall–Kier alpha value is -1.89. The molecule has 20 heavy (non-hydrogen) atoms. The van der Waals surface area contributed by atoms with E-state index in [1.165, 1.54) is 6.07 Å². The number of nitrogens with one attached hydrogen (secondary N) is 1. The Bertz CT molecular complexity index is 527. The lowest BCUT2D eigenvalue weighted by Gasteiger charge is -2.31. The van der Waals surface area contributed by atoms with E-state index in [4.69, 9.17) is 18.0 Å². The zero-order chi connectivity index (χ0) is 14.7. The monoisotopic (exact) mass is 294 g/mol. The van der Waals surface area contributed by atoms with E-state index in [1.807, 2.05) is 0 Å². The number of benzene rings is 1. The van der Waals surface area contributed by atoms with Crippen LogP contribution in [0.15, 0.2) is 18.2 Å². The molecule has 0 aromatic heterocycles. The summed E-state index contributed by atoms with van der Waals surface area (Å²) < 4.78 is 0. The van der Waals surface area contributed by atoms with Gasteiger partial charge in [0.2, 0.25) is 0 Å². The maximum absolute atomic E-state index is 11.3. The first-order valence-corrected chi connectivity index (χ1v) is 6.98. The Balaban J connectivity index is 2.28. The van der Waals surface area contributed by atoms with Crippen molar-refractivity contribution in [3.05, 3.63) is 28.3 Å². The predicted octanol–water partition coefficient (Wildman–Crippen LogP) is 2.49. The van der Waals surface area contributed by atoms with Gasteiger partial charge in [0.1, 0.15) is 5.69 Å². The largest absolute Gasteiger partial charge is 0.376 e. The highest BCUT2D eigenvalue weighted by Crippen LogP contribution is 2.33. The smallest absolute Gasteiger partial charge is 0.294 e. The van der Waals surface area contributed by atoms with E-state index in [2.05, 4.69) is 17.1 Å². The molecule has 2 rings (SSSR count). The molecule has 0 atom stereocenters. The molecular formula is C13H18N4O2S. The standard InChI is InChI=1S/C13H18N4O2S/c1-9-4-6-16(7-5-9)11-3-2-10(15-13(14)20)8-12(11)17(18)19/h2-3,8-9H,4-7H2,1H3,(H3,14,15,20). The number of nitro groups is 1. The van der Waals surface area contributed by atoms with Crippen molar-refractivity contribution in [2.45, 2.75) is 19.8 Å². The van der Waals surface area contributed by atoms with Crippen molar-refractivity contribution in [1.82, 2.24) is 0 Å². The van der Waals surface area contributed by atoms with Gasteiger partial charge in [0, 0.05) is 24.8 Å². The van der Waals surface area contributed by atoms with Crippen LogP contribution >= 0.6 is 12.2 Å². The highest BCUT2D eigenvalue weighted by molar-refractivity contribution is 7.80. The SMILES string of the molecule is CC1CCN(c2ccc(NC(N)=S)cc2[N+](=O)[O-])CC1. The third-order valence-electron chi connectivity index (χ3n) is 3.56. The lowest BCUT2D eigenvalue weighted by Crippen LogP contribution is -2.33. The first kappa shape index (κ1) is 14.5. The van der Waals surface area contributed by atoms with Gasteiger partial charge in [-0.3, -0.25) is 10.1 Å². The summed E-state index contributed by atoms with van der Waals surface area (Å²) in [5, 5.41) is 14.1. The average Bonchev–Trinajstić information content (AvgIpc) is 2.39. The van der Waals surface area contributed by atoms with Crippen molar-refractivity contribution in [2.24, 2.45) is 11.7 Å². The molecule has 0 spiro atoms. The van der Waals surface area contributed by atoms with E-state index < -0.39 is 0 Å². The number of nitrogens with two attached hydrogens (primary N) is 1. The first-order chi connectivity index (χ1) is 9.47. The van der Waals surface area contributed by atoms with Crippen LogP contribution < -0.4 is 16.0 Å². The van der Waals surface area contributed by atoms with Crippen molar-refractivity contribution in [3.63, 3.8) is 0 Å². The Morgan fingerprint density at radius 2 is 2.15 bits per heavy atom. The van der Waals surface area contributed by atoms with Crippen molar-refractivity contribution < 1.29 is 4.92 Å². The van der Waals surface area contributed by atoms with Gasteiger partial charge in [0.05, 0.1) is 4.92 Å². The molecule has 1 saturated heterocycles. The molecule has 0 amide bonds. The van der Waals surface area contributed by atoms with E-state index in [9.17, 15) is 10.1 Å². The number of rotatable bonds is 3. The van der Waals surface area contributed by atoms with Gasteiger partial charge in [-0.25, -0.2) is 0 Å². The summed E-state index contributed by atoms with van der Waals surface area (Å²) in [7, 11) is 0. The fourth-order valence-corrected chi connectivity index (χ4v) is 2.52. The van der Waals surface area contributed by atoms with Gasteiger partial charge in [-0.2, -0.15) is 0 Å². The van der Waals surface area contributed by atoms with E-state index in [-0.39, 0.29) is 15.7 Å². The molecule has 1 aliphatic heterocycles. The highest BCUT2D eigenvalue weighted by atomic mass is 32.1. The quantitative estimate of drug-likeness (QED) is 0.506. The molecule has 0 aliphatic carbocycles. The van der Waals surface area contributed by atoms with Crippen LogP contribution in [-0.4, -0.2) is 23.1 Å². The number of hydrogen-bond acceptors (Lipinski definition) is 4. The summed E-state index contributed by atoms with van der Waals surface area (Å²) in [6.45, 7) is 3.91. The second-order valence-electron chi connectivity index (χ2n) is 5.12.